The van der Waals surface area contributed by atoms with E-state index in [0.29, 0.717) is 11.1 Å². The van der Waals surface area contributed by atoms with Gasteiger partial charge >= 0.3 is 12.2 Å². The van der Waals surface area contributed by atoms with Crippen LogP contribution in [0.5, 0.6) is 17.4 Å². The number of benzene rings is 1. The maximum Gasteiger partial charge on any atom is 0.437 e. The van der Waals surface area contributed by atoms with E-state index in [9.17, 15) is 18.0 Å². The third-order valence-corrected chi connectivity index (χ3v) is 4.34. The lowest BCUT2D eigenvalue weighted by Gasteiger charge is -2.15. The Morgan fingerprint density at radius 3 is 2.59 bits per heavy atom. The summed E-state index contributed by atoms with van der Waals surface area (Å²) in [6.07, 6.45) is -4.21. The molecule has 0 saturated heterocycles. The summed E-state index contributed by atoms with van der Waals surface area (Å²) in [4.78, 5) is 20.0. The Kier molecular flexibility index (Phi) is 6.86. The largest absolute Gasteiger partial charge is 0.480 e. The molecule has 3 rings (SSSR count). The van der Waals surface area contributed by atoms with Gasteiger partial charge in [0.25, 0.3) is 12.6 Å². The Hall–Kier alpha value is -3.36. The van der Waals surface area contributed by atoms with Crippen LogP contribution in [0, 0.1) is 6.07 Å². The number of methoxy groups -OCH3 is 1. The van der Waals surface area contributed by atoms with Crippen molar-refractivity contribution in [1.82, 2.24) is 19.7 Å². The molecule has 0 aliphatic heterocycles. The molecule has 0 spiro atoms. The van der Waals surface area contributed by atoms with Gasteiger partial charge in [-0.25, -0.2) is 4.98 Å². The van der Waals surface area contributed by atoms with Gasteiger partial charge in [-0.15, -0.1) is 10.2 Å². The van der Waals surface area contributed by atoms with Crippen molar-refractivity contribution in [1.29, 1.82) is 0 Å². The number of aromatic nitrogens is 4. The van der Waals surface area contributed by atoms with E-state index >= 15 is 0 Å². The molecule has 32 heavy (non-hydrogen) atoms. The minimum absolute atomic E-state index is 0.00508. The monoisotopic (exact) mass is 486 g/mol. The van der Waals surface area contributed by atoms with Gasteiger partial charge in [-0.1, -0.05) is 28.0 Å². The number of nitrogens with zero attached hydrogens (tertiary/aromatic N) is 5. The van der Waals surface area contributed by atoms with Crippen molar-refractivity contribution in [2.45, 2.75) is 12.7 Å². The first kappa shape index (κ1) is 23.3. The molecular weight excluding hydrogens is 474 g/mol. The molecule has 0 amide bonds. The number of hydrogen-bond acceptors (Lipinski definition) is 6. The molecule has 0 saturated carbocycles. The van der Waals surface area contributed by atoms with Crippen molar-refractivity contribution in [3.05, 3.63) is 72.8 Å². The molecular formula is C19H13Cl2F3N5O3+. The molecule has 0 aliphatic carbocycles. The normalized spacial score (nSPS) is 11.0. The summed E-state index contributed by atoms with van der Waals surface area (Å²) >= 11 is 11.8. The minimum Gasteiger partial charge on any atom is -0.480 e. The van der Waals surface area contributed by atoms with Crippen LogP contribution < -0.4 is 15.0 Å². The number of hydrogen-bond donors (Lipinski definition) is 0. The van der Waals surface area contributed by atoms with E-state index in [2.05, 4.69) is 26.1 Å². The Morgan fingerprint density at radius 1 is 1.19 bits per heavy atom. The van der Waals surface area contributed by atoms with Gasteiger partial charge in [-0.2, -0.15) is 13.2 Å². The summed E-state index contributed by atoms with van der Waals surface area (Å²) in [5.74, 6) is -1.12. The van der Waals surface area contributed by atoms with Gasteiger partial charge in [-0.05, 0) is 18.2 Å². The SMILES string of the molecule is C[N+]#Cc1cc(Cl)cc(Oc2c(C(F)(F)F)ncn(Cc3cc(Cl)nnc3OC)c2=O)c1. The van der Waals surface area contributed by atoms with Crippen molar-refractivity contribution in [2.24, 2.45) is 0 Å². The first-order valence-electron chi connectivity index (χ1n) is 8.68. The predicted octanol–water partition coefficient (Wildman–Crippen LogP) is 4.52. The van der Waals surface area contributed by atoms with E-state index in [1.54, 1.807) is 0 Å². The lowest BCUT2D eigenvalue weighted by atomic mass is 10.2. The molecule has 0 N–H and O–H groups in total. The number of alkyl halides is 3. The Bertz CT molecular complexity index is 1290. The van der Waals surface area contributed by atoms with Gasteiger partial charge in [0.15, 0.2) is 10.8 Å². The fourth-order valence-electron chi connectivity index (χ4n) is 2.67. The molecule has 3 aromatic rings. The second kappa shape index (κ2) is 9.42. The lowest BCUT2D eigenvalue weighted by Crippen LogP contribution is -2.27. The van der Waals surface area contributed by atoms with E-state index < -0.39 is 23.2 Å². The van der Waals surface area contributed by atoms with Crippen LogP contribution in [0.2, 0.25) is 10.2 Å². The summed E-state index contributed by atoms with van der Waals surface area (Å²) < 4.78 is 51.9. The molecule has 2 heterocycles. The van der Waals surface area contributed by atoms with Crippen LogP contribution in [-0.2, 0) is 12.7 Å². The van der Waals surface area contributed by atoms with E-state index in [-0.39, 0.29) is 28.3 Å². The quantitative estimate of drug-likeness (QED) is 0.527. The van der Waals surface area contributed by atoms with Crippen LogP contribution in [0.4, 0.5) is 13.2 Å². The Labute approximate surface area is 189 Å². The third-order valence-electron chi connectivity index (χ3n) is 3.94. The van der Waals surface area contributed by atoms with Gasteiger partial charge < -0.3 is 9.47 Å². The number of halogens is 5. The van der Waals surface area contributed by atoms with Crippen LogP contribution in [0.25, 0.3) is 4.85 Å². The summed E-state index contributed by atoms with van der Waals surface area (Å²) in [6, 6.07) is 8.00. The smallest absolute Gasteiger partial charge is 0.437 e. The highest BCUT2D eigenvalue weighted by atomic mass is 35.5. The standard InChI is InChI=1S/C19H13Cl2F3N5O3/c1-25-7-10-3-12(20)6-13(4-10)32-15-16(19(22,23)24)26-9-29(18(15)30)8-11-5-14(21)27-28-17(11)31-2/h3-6,9H,8H2,1-2H3/q+1. The van der Waals surface area contributed by atoms with Crippen molar-refractivity contribution in [3.63, 3.8) is 0 Å². The van der Waals surface area contributed by atoms with Crippen molar-refractivity contribution >= 4 is 23.2 Å². The van der Waals surface area contributed by atoms with Crippen LogP contribution in [0.3, 0.4) is 0 Å². The second-order valence-electron chi connectivity index (χ2n) is 6.17. The molecule has 0 aliphatic rings. The first-order chi connectivity index (χ1) is 15.1. The molecule has 0 radical (unpaired) electrons. The molecule has 8 nitrogen and oxygen atoms in total. The van der Waals surface area contributed by atoms with Crippen LogP contribution >= 0.6 is 23.2 Å². The molecule has 1 aromatic carbocycles. The van der Waals surface area contributed by atoms with E-state index in [4.69, 9.17) is 32.7 Å². The zero-order chi connectivity index (χ0) is 23.5. The molecule has 0 atom stereocenters. The summed E-state index contributed by atoms with van der Waals surface area (Å²) in [5.41, 5.74) is -1.96. The maximum atomic E-state index is 13.5. The molecule has 166 valence electrons. The predicted molar refractivity (Wildman–Crippen MR) is 110 cm³/mol. The summed E-state index contributed by atoms with van der Waals surface area (Å²) in [7, 11) is 2.77. The molecule has 0 bridgehead atoms. The lowest BCUT2D eigenvalue weighted by molar-refractivity contribution is -0.142. The van der Waals surface area contributed by atoms with Gasteiger partial charge in [0.05, 0.1) is 20.0 Å². The van der Waals surface area contributed by atoms with Crippen LogP contribution in [0.1, 0.15) is 16.8 Å². The second-order valence-corrected chi connectivity index (χ2v) is 6.99. The van der Waals surface area contributed by atoms with E-state index in [0.717, 1.165) is 10.9 Å². The zero-order valence-electron chi connectivity index (χ0n) is 16.4. The highest BCUT2D eigenvalue weighted by Crippen LogP contribution is 2.35. The van der Waals surface area contributed by atoms with E-state index in [1.165, 1.54) is 38.4 Å². The summed E-state index contributed by atoms with van der Waals surface area (Å²) in [5, 5.41) is 7.49. The third kappa shape index (κ3) is 5.27. The molecule has 0 fully saturated rings. The highest BCUT2D eigenvalue weighted by molar-refractivity contribution is 6.30. The molecule has 0 unspecified atom stereocenters. The van der Waals surface area contributed by atoms with Crippen molar-refractivity contribution < 1.29 is 22.6 Å². The Morgan fingerprint density at radius 2 is 1.94 bits per heavy atom. The Balaban J connectivity index is 2.11. The van der Waals surface area contributed by atoms with E-state index in [1.807, 2.05) is 0 Å². The van der Waals surface area contributed by atoms with Crippen molar-refractivity contribution in [3.8, 4) is 23.4 Å². The van der Waals surface area contributed by atoms with Crippen LogP contribution in [-0.4, -0.2) is 33.9 Å². The number of rotatable bonds is 5. The zero-order valence-corrected chi connectivity index (χ0v) is 18.0. The van der Waals surface area contributed by atoms with Gasteiger partial charge in [0.2, 0.25) is 11.6 Å². The van der Waals surface area contributed by atoms with Gasteiger partial charge in [0, 0.05) is 16.7 Å². The minimum atomic E-state index is -4.95. The first-order valence-corrected chi connectivity index (χ1v) is 9.44. The molecule has 2 aromatic heterocycles. The van der Waals surface area contributed by atoms with Crippen molar-refractivity contribution in [2.75, 3.05) is 14.2 Å². The van der Waals surface area contributed by atoms with Crippen LogP contribution in [0.15, 0.2) is 35.4 Å². The highest BCUT2D eigenvalue weighted by Gasteiger charge is 2.39. The fourth-order valence-corrected chi connectivity index (χ4v) is 3.06. The average Bonchev–Trinajstić information content (AvgIpc) is 2.70. The fraction of sp³-hybridized carbons (Fsp3) is 0.211. The number of ether oxygens (including phenoxy) is 2. The average molecular weight is 487 g/mol. The topological polar surface area (TPSA) is 83.5 Å². The van der Waals surface area contributed by atoms with Gasteiger partial charge in [0.1, 0.15) is 11.3 Å². The van der Waals surface area contributed by atoms with Gasteiger partial charge in [-0.3, -0.25) is 9.36 Å². The molecule has 13 heteroatoms. The summed E-state index contributed by atoms with van der Waals surface area (Å²) in [6.45, 7) is -0.254. The maximum absolute atomic E-state index is 13.5.